The zero-order valence-corrected chi connectivity index (χ0v) is 4.10. The highest BCUT2D eigenvalue weighted by atomic mass is 14.6. The van der Waals surface area contributed by atoms with Gasteiger partial charge in [-0.2, -0.15) is 0 Å². The van der Waals surface area contributed by atoms with Gasteiger partial charge >= 0.3 is 0 Å². The maximum atomic E-state index is 3.70. The molecule has 0 saturated heterocycles. The molecule has 1 rings (SSSR count). The van der Waals surface area contributed by atoms with Crippen molar-refractivity contribution < 1.29 is 0 Å². The molecule has 1 nitrogen and oxygen atoms in total. The molecule has 0 N–H and O–H groups in total. The summed E-state index contributed by atoms with van der Waals surface area (Å²) in [6.07, 6.45) is 4.34. The van der Waals surface area contributed by atoms with Gasteiger partial charge in [0.2, 0.25) is 0 Å². The molecule has 1 aromatic rings. The number of aryl methyl sites for hydroxylation is 1. The molecule has 0 unspecified atom stereocenters. The predicted molar refractivity (Wildman–Crippen MR) is 26.6 cm³/mol. The molecule has 0 spiro atoms. The van der Waals surface area contributed by atoms with Gasteiger partial charge in [0.15, 0.2) is 0 Å². The Labute approximate surface area is 43.0 Å². The zero-order valence-electron chi connectivity index (χ0n) is 4.10. The Morgan fingerprint density at radius 2 is 2.57 bits per heavy atom. The molecule has 1 aromatic heterocycles. The summed E-state index contributed by atoms with van der Waals surface area (Å²) < 4.78 is 0. The summed E-state index contributed by atoms with van der Waals surface area (Å²) in [6.45, 7) is 1.93. The van der Waals surface area contributed by atoms with Crippen molar-refractivity contribution in [3.05, 3.63) is 30.1 Å². The van der Waals surface area contributed by atoms with Crippen LogP contribution in [-0.2, 0) is 0 Å². The maximum Gasteiger partial charge on any atom is 0.0918 e. The lowest BCUT2D eigenvalue weighted by molar-refractivity contribution is 1.25. The van der Waals surface area contributed by atoms with Gasteiger partial charge in [-0.1, -0.05) is 0 Å². The van der Waals surface area contributed by atoms with Crippen LogP contribution in [0.3, 0.4) is 0 Å². The number of nitrogens with zero attached hydrogens (tertiary/aromatic N) is 1. The molecular formula is C6H5N. The van der Waals surface area contributed by atoms with Crippen LogP contribution in [-0.4, -0.2) is 4.98 Å². The van der Waals surface area contributed by atoms with E-state index in [2.05, 4.69) is 17.2 Å². The SMILES string of the molecule is Cc1[c]nc[c]c1. The standard InChI is InChI=1S/C6H5N/c1-6-3-2-4-7-5-6/h3-4H,1H3. The van der Waals surface area contributed by atoms with Crippen molar-refractivity contribution in [2.75, 3.05) is 0 Å². The molecule has 1 heterocycles. The molecule has 34 valence electrons. The Morgan fingerprint density at radius 1 is 1.71 bits per heavy atom. The summed E-state index contributed by atoms with van der Waals surface area (Å²) >= 11 is 0. The summed E-state index contributed by atoms with van der Waals surface area (Å²) in [6, 6.07) is 4.66. The van der Waals surface area contributed by atoms with Crippen LogP contribution >= 0.6 is 0 Å². The lowest BCUT2D eigenvalue weighted by atomic mass is 10.3. The molecule has 0 saturated carbocycles. The first kappa shape index (κ1) is 4.31. The molecule has 1 heteroatoms. The van der Waals surface area contributed by atoms with E-state index >= 15 is 0 Å². The van der Waals surface area contributed by atoms with E-state index < -0.39 is 0 Å². The molecule has 0 amide bonds. The minimum Gasteiger partial charge on any atom is -0.254 e. The van der Waals surface area contributed by atoms with Crippen molar-refractivity contribution in [3.8, 4) is 0 Å². The van der Waals surface area contributed by atoms with E-state index in [0.717, 1.165) is 5.56 Å². The second-order valence-corrected chi connectivity index (χ2v) is 1.36. The van der Waals surface area contributed by atoms with Gasteiger partial charge in [-0.25, -0.2) is 0 Å². The third kappa shape index (κ3) is 1.000. The molecule has 0 atom stereocenters. The van der Waals surface area contributed by atoms with Crippen molar-refractivity contribution in [1.82, 2.24) is 4.98 Å². The molecule has 0 aliphatic rings. The zero-order chi connectivity index (χ0) is 5.11. The number of pyridine rings is 1. The summed E-state index contributed by atoms with van der Waals surface area (Å²) in [7, 11) is 0. The first-order valence-electron chi connectivity index (χ1n) is 2.10. The van der Waals surface area contributed by atoms with Crippen LogP contribution in [0.2, 0.25) is 0 Å². The van der Waals surface area contributed by atoms with Crippen LogP contribution < -0.4 is 0 Å². The molecule has 0 aromatic carbocycles. The Hall–Kier alpha value is -0.850. The molecule has 7 heavy (non-hydrogen) atoms. The van der Waals surface area contributed by atoms with E-state index in [0.29, 0.717) is 0 Å². The molecule has 0 aliphatic heterocycles. The van der Waals surface area contributed by atoms with Crippen molar-refractivity contribution >= 4 is 0 Å². The van der Waals surface area contributed by atoms with E-state index in [1.165, 1.54) is 0 Å². The van der Waals surface area contributed by atoms with E-state index in [4.69, 9.17) is 0 Å². The molecule has 0 fully saturated rings. The molecule has 2 radical (unpaired) electrons. The Morgan fingerprint density at radius 3 is 2.86 bits per heavy atom. The average molecular weight is 91.1 g/mol. The van der Waals surface area contributed by atoms with Gasteiger partial charge in [0, 0.05) is 12.3 Å². The Kier molecular flexibility index (Phi) is 1.07. The third-order valence-corrected chi connectivity index (χ3v) is 0.680. The lowest BCUT2D eigenvalue weighted by Gasteiger charge is -1.80. The summed E-state index contributed by atoms with van der Waals surface area (Å²) in [5.74, 6) is 0. The van der Waals surface area contributed by atoms with Crippen LogP contribution in [0.4, 0.5) is 0 Å². The van der Waals surface area contributed by atoms with Gasteiger partial charge in [-0.3, -0.25) is 4.98 Å². The van der Waals surface area contributed by atoms with Crippen LogP contribution in [0.5, 0.6) is 0 Å². The third-order valence-electron chi connectivity index (χ3n) is 0.680. The fraction of sp³-hybridized carbons (Fsp3) is 0.167. The largest absolute Gasteiger partial charge is 0.254 e. The topological polar surface area (TPSA) is 12.9 Å². The van der Waals surface area contributed by atoms with Crippen molar-refractivity contribution in [2.24, 2.45) is 0 Å². The van der Waals surface area contributed by atoms with Gasteiger partial charge in [0.05, 0.1) is 6.20 Å². The van der Waals surface area contributed by atoms with Crippen molar-refractivity contribution in [1.29, 1.82) is 0 Å². The Balaban J connectivity index is 3.02. The minimum atomic E-state index is 1.03. The second-order valence-electron chi connectivity index (χ2n) is 1.36. The van der Waals surface area contributed by atoms with Gasteiger partial charge in [0.25, 0.3) is 0 Å². The quantitative estimate of drug-likeness (QED) is 0.464. The second kappa shape index (κ2) is 1.73. The van der Waals surface area contributed by atoms with Crippen LogP contribution in [0, 0.1) is 19.2 Å². The van der Waals surface area contributed by atoms with E-state index in [-0.39, 0.29) is 0 Å². The maximum absolute atomic E-state index is 3.70. The number of aromatic nitrogens is 1. The number of rotatable bonds is 0. The smallest absolute Gasteiger partial charge is 0.0918 e. The average Bonchev–Trinajstić information content (AvgIpc) is 1.69. The summed E-state index contributed by atoms with van der Waals surface area (Å²) in [5.41, 5.74) is 1.03. The van der Waals surface area contributed by atoms with E-state index in [9.17, 15) is 0 Å². The van der Waals surface area contributed by atoms with Gasteiger partial charge < -0.3 is 0 Å². The fourth-order valence-electron chi connectivity index (χ4n) is 0.366. The lowest BCUT2D eigenvalue weighted by Crippen LogP contribution is -1.71. The normalized spacial score (nSPS) is 8.71. The first-order valence-corrected chi connectivity index (χ1v) is 2.10. The van der Waals surface area contributed by atoms with Crippen molar-refractivity contribution in [2.45, 2.75) is 6.92 Å². The van der Waals surface area contributed by atoms with Gasteiger partial charge in [-0.15, -0.1) is 0 Å². The van der Waals surface area contributed by atoms with Gasteiger partial charge in [0.1, 0.15) is 0 Å². The number of hydrogen-bond donors (Lipinski definition) is 0. The highest BCUT2D eigenvalue weighted by molar-refractivity contribution is 5.01. The van der Waals surface area contributed by atoms with E-state index in [1.807, 2.05) is 13.0 Å². The first-order chi connectivity index (χ1) is 3.39. The minimum absolute atomic E-state index is 1.03. The Bertz CT molecular complexity index is 134. The van der Waals surface area contributed by atoms with Crippen molar-refractivity contribution in [3.63, 3.8) is 0 Å². The summed E-state index contributed by atoms with van der Waals surface area (Å²) in [4.78, 5) is 3.70. The fourth-order valence-corrected chi connectivity index (χ4v) is 0.366. The molecule has 0 aliphatic carbocycles. The monoisotopic (exact) mass is 91.0 g/mol. The summed E-state index contributed by atoms with van der Waals surface area (Å²) in [5, 5.41) is 0. The molecular weight excluding hydrogens is 86.1 g/mol. The number of hydrogen-bond acceptors (Lipinski definition) is 1. The van der Waals surface area contributed by atoms with E-state index in [1.54, 1.807) is 6.20 Å². The molecule has 0 bridgehead atoms. The van der Waals surface area contributed by atoms with Crippen LogP contribution in [0.1, 0.15) is 5.56 Å². The van der Waals surface area contributed by atoms with Gasteiger partial charge in [-0.05, 0) is 18.6 Å². The highest BCUT2D eigenvalue weighted by Gasteiger charge is 1.75. The highest BCUT2D eigenvalue weighted by Crippen LogP contribution is 1.86. The predicted octanol–water partition coefficient (Wildman–Crippen LogP) is 0.990. The van der Waals surface area contributed by atoms with Crippen LogP contribution in [0.15, 0.2) is 12.3 Å². The van der Waals surface area contributed by atoms with Crippen LogP contribution in [0.25, 0.3) is 0 Å².